The maximum atomic E-state index is 12.5. The number of anilines is 1. The molecule has 8 heteroatoms. The Bertz CT molecular complexity index is 880. The van der Waals surface area contributed by atoms with Crippen LogP contribution in [0.5, 0.6) is 11.5 Å². The molecule has 3 heterocycles. The van der Waals surface area contributed by atoms with Crippen LogP contribution in [0.1, 0.15) is 33.7 Å². The van der Waals surface area contributed by atoms with E-state index in [1.54, 1.807) is 24.3 Å². The van der Waals surface area contributed by atoms with Crippen LogP contribution in [0.4, 0.5) is 5.69 Å². The quantitative estimate of drug-likeness (QED) is 0.820. The lowest BCUT2D eigenvalue weighted by Crippen LogP contribution is -2.32. The first-order chi connectivity index (χ1) is 13.7. The van der Waals surface area contributed by atoms with Crippen molar-refractivity contribution in [1.29, 1.82) is 0 Å². The molecule has 0 spiro atoms. The second kappa shape index (κ2) is 8.26. The van der Waals surface area contributed by atoms with Crippen LogP contribution in [-0.4, -0.2) is 49.3 Å². The highest BCUT2D eigenvalue weighted by Crippen LogP contribution is 2.32. The van der Waals surface area contributed by atoms with E-state index >= 15 is 0 Å². The predicted octanol–water partition coefficient (Wildman–Crippen LogP) is 2.01. The Kier molecular flexibility index (Phi) is 5.38. The van der Waals surface area contributed by atoms with Gasteiger partial charge in [-0.25, -0.2) is 0 Å². The Morgan fingerprint density at radius 3 is 2.71 bits per heavy atom. The van der Waals surface area contributed by atoms with Crippen molar-refractivity contribution < 1.29 is 23.8 Å². The van der Waals surface area contributed by atoms with E-state index in [0.717, 1.165) is 19.4 Å². The van der Waals surface area contributed by atoms with Crippen molar-refractivity contribution in [2.24, 2.45) is 0 Å². The van der Waals surface area contributed by atoms with Gasteiger partial charge in [0.15, 0.2) is 11.5 Å². The molecule has 28 heavy (non-hydrogen) atoms. The standard InChI is InChI=1S/C20H21N3O5/c24-19(22-12-15-2-1-7-26-15)13-5-6-21-16(10-13)20(25)23-14-3-4-17-18(11-14)28-9-8-27-17/h3-6,10-11,15H,1-2,7-9,12H2,(H,22,24)(H,23,25). The van der Waals surface area contributed by atoms with Crippen LogP contribution in [0.25, 0.3) is 0 Å². The summed E-state index contributed by atoms with van der Waals surface area (Å²) in [4.78, 5) is 28.9. The molecule has 146 valence electrons. The average Bonchev–Trinajstić information content (AvgIpc) is 3.25. The number of carbonyl (C=O) groups is 2. The monoisotopic (exact) mass is 383 g/mol. The van der Waals surface area contributed by atoms with Gasteiger partial charge in [0.2, 0.25) is 0 Å². The maximum absolute atomic E-state index is 12.5. The number of nitrogens with one attached hydrogen (secondary N) is 2. The second-order valence-electron chi connectivity index (χ2n) is 6.59. The van der Waals surface area contributed by atoms with E-state index in [4.69, 9.17) is 14.2 Å². The van der Waals surface area contributed by atoms with Crippen LogP contribution in [0.2, 0.25) is 0 Å². The first-order valence-electron chi connectivity index (χ1n) is 9.26. The van der Waals surface area contributed by atoms with Gasteiger partial charge in [0.25, 0.3) is 11.8 Å². The summed E-state index contributed by atoms with van der Waals surface area (Å²) in [7, 11) is 0. The average molecular weight is 383 g/mol. The van der Waals surface area contributed by atoms with Crippen LogP contribution < -0.4 is 20.1 Å². The fourth-order valence-electron chi connectivity index (χ4n) is 3.13. The van der Waals surface area contributed by atoms with Gasteiger partial charge < -0.3 is 24.8 Å². The second-order valence-corrected chi connectivity index (χ2v) is 6.59. The number of hydrogen-bond acceptors (Lipinski definition) is 6. The number of carbonyl (C=O) groups excluding carboxylic acids is 2. The van der Waals surface area contributed by atoms with Crippen LogP contribution in [0.15, 0.2) is 36.5 Å². The first-order valence-corrected chi connectivity index (χ1v) is 9.26. The van der Waals surface area contributed by atoms with Crippen molar-refractivity contribution >= 4 is 17.5 Å². The topological polar surface area (TPSA) is 98.8 Å². The van der Waals surface area contributed by atoms with E-state index < -0.39 is 5.91 Å². The molecule has 8 nitrogen and oxygen atoms in total. The molecule has 1 fully saturated rings. The number of rotatable bonds is 5. The molecule has 2 aliphatic rings. The van der Waals surface area contributed by atoms with Crippen molar-refractivity contribution in [3.63, 3.8) is 0 Å². The molecule has 0 radical (unpaired) electrons. The molecule has 2 N–H and O–H groups in total. The zero-order valence-electron chi connectivity index (χ0n) is 15.3. The fraction of sp³-hybridized carbons (Fsp3) is 0.350. The van der Waals surface area contributed by atoms with Crippen molar-refractivity contribution in [2.45, 2.75) is 18.9 Å². The summed E-state index contributed by atoms with van der Waals surface area (Å²) in [6, 6.07) is 8.21. The molecule has 2 aromatic rings. The van der Waals surface area contributed by atoms with Crippen LogP contribution in [-0.2, 0) is 4.74 Å². The minimum atomic E-state index is -0.412. The molecule has 1 unspecified atom stereocenters. The van der Waals surface area contributed by atoms with Crippen molar-refractivity contribution in [2.75, 3.05) is 31.7 Å². The van der Waals surface area contributed by atoms with E-state index in [1.807, 2.05) is 0 Å². The maximum Gasteiger partial charge on any atom is 0.274 e. The van der Waals surface area contributed by atoms with Gasteiger partial charge in [0, 0.05) is 36.7 Å². The molecule has 0 saturated carbocycles. The summed E-state index contributed by atoms with van der Waals surface area (Å²) in [5.41, 5.74) is 1.09. The summed E-state index contributed by atoms with van der Waals surface area (Å²) in [6.45, 7) is 2.17. The normalized spacial score (nSPS) is 17.8. The Morgan fingerprint density at radius 2 is 1.89 bits per heavy atom. The summed E-state index contributed by atoms with van der Waals surface area (Å²) < 4.78 is 16.5. The summed E-state index contributed by atoms with van der Waals surface area (Å²) in [5.74, 6) is 0.559. The van der Waals surface area contributed by atoms with Gasteiger partial charge in [0.05, 0.1) is 6.10 Å². The van der Waals surface area contributed by atoms with E-state index in [-0.39, 0.29) is 17.7 Å². The number of aromatic nitrogens is 1. The molecule has 1 aromatic heterocycles. The van der Waals surface area contributed by atoms with Crippen molar-refractivity contribution in [3.05, 3.63) is 47.8 Å². The number of fused-ring (bicyclic) bond motifs is 1. The van der Waals surface area contributed by atoms with Crippen molar-refractivity contribution in [3.8, 4) is 11.5 Å². The molecule has 1 aromatic carbocycles. The van der Waals surface area contributed by atoms with E-state index in [2.05, 4.69) is 15.6 Å². The molecule has 2 amide bonds. The minimum absolute atomic E-state index is 0.0590. The van der Waals surface area contributed by atoms with Gasteiger partial charge >= 0.3 is 0 Å². The third-order valence-corrected chi connectivity index (χ3v) is 4.57. The molecule has 0 aliphatic carbocycles. The minimum Gasteiger partial charge on any atom is -0.486 e. The highest BCUT2D eigenvalue weighted by molar-refractivity contribution is 6.04. The molecular weight excluding hydrogens is 362 g/mol. The molecule has 4 rings (SSSR count). The smallest absolute Gasteiger partial charge is 0.274 e. The van der Waals surface area contributed by atoms with Gasteiger partial charge in [-0.05, 0) is 37.1 Å². The van der Waals surface area contributed by atoms with Crippen LogP contribution >= 0.6 is 0 Å². The van der Waals surface area contributed by atoms with E-state index in [0.29, 0.717) is 42.5 Å². The Labute approximate surface area is 162 Å². The summed E-state index contributed by atoms with van der Waals surface area (Å²) >= 11 is 0. The number of amides is 2. The SMILES string of the molecule is O=C(NCC1CCCO1)c1ccnc(C(=O)Nc2ccc3c(c2)OCCO3)c1. The Balaban J connectivity index is 1.40. The van der Waals surface area contributed by atoms with Crippen LogP contribution in [0, 0.1) is 0 Å². The summed E-state index contributed by atoms with van der Waals surface area (Å²) in [6.07, 6.45) is 3.46. The Hall–Kier alpha value is -3.13. The largest absolute Gasteiger partial charge is 0.486 e. The lowest BCUT2D eigenvalue weighted by Gasteiger charge is -2.19. The number of benzene rings is 1. The van der Waals surface area contributed by atoms with Gasteiger partial charge in [-0.15, -0.1) is 0 Å². The van der Waals surface area contributed by atoms with E-state index in [9.17, 15) is 9.59 Å². The molecular formula is C20H21N3O5. The van der Waals surface area contributed by atoms with Gasteiger partial charge in [0.1, 0.15) is 18.9 Å². The van der Waals surface area contributed by atoms with Gasteiger partial charge in [-0.1, -0.05) is 0 Å². The Morgan fingerprint density at radius 1 is 1.04 bits per heavy atom. The number of pyridine rings is 1. The third kappa shape index (κ3) is 4.23. The molecule has 1 saturated heterocycles. The molecule has 0 bridgehead atoms. The fourth-order valence-corrected chi connectivity index (χ4v) is 3.13. The van der Waals surface area contributed by atoms with E-state index in [1.165, 1.54) is 12.3 Å². The zero-order chi connectivity index (χ0) is 19.3. The summed E-state index contributed by atoms with van der Waals surface area (Å²) in [5, 5.41) is 5.60. The highest BCUT2D eigenvalue weighted by Gasteiger charge is 2.18. The highest BCUT2D eigenvalue weighted by atomic mass is 16.6. The first kappa shape index (κ1) is 18.2. The number of ether oxygens (including phenoxy) is 3. The number of nitrogens with zero attached hydrogens (tertiary/aromatic N) is 1. The van der Waals surface area contributed by atoms with Crippen molar-refractivity contribution in [1.82, 2.24) is 10.3 Å². The lowest BCUT2D eigenvalue weighted by atomic mass is 10.2. The number of hydrogen-bond donors (Lipinski definition) is 2. The van der Waals surface area contributed by atoms with Crippen LogP contribution in [0.3, 0.4) is 0 Å². The van der Waals surface area contributed by atoms with Gasteiger partial charge in [-0.2, -0.15) is 0 Å². The van der Waals surface area contributed by atoms with Gasteiger partial charge in [-0.3, -0.25) is 14.6 Å². The lowest BCUT2D eigenvalue weighted by molar-refractivity contribution is 0.0857. The molecule has 2 aliphatic heterocycles. The predicted molar refractivity (Wildman–Crippen MR) is 101 cm³/mol. The molecule has 1 atom stereocenters. The zero-order valence-corrected chi connectivity index (χ0v) is 15.3. The third-order valence-electron chi connectivity index (χ3n) is 4.57.